The molecule has 1 saturated heterocycles. The maximum Gasteiger partial charge on any atom is 0.349 e. The number of esters is 1. The van der Waals surface area contributed by atoms with Crippen LogP contribution in [0.5, 0.6) is 0 Å². The first kappa shape index (κ1) is 22.4. The lowest BCUT2D eigenvalue weighted by Crippen LogP contribution is -2.46. The van der Waals surface area contributed by atoms with Gasteiger partial charge in [-0.05, 0) is 29.9 Å². The van der Waals surface area contributed by atoms with Crippen molar-refractivity contribution in [1.82, 2.24) is 9.37 Å². The topological polar surface area (TPSA) is 93.2 Å². The van der Waals surface area contributed by atoms with Crippen LogP contribution in [0.2, 0.25) is 0 Å². The van der Waals surface area contributed by atoms with Crippen LogP contribution in [0, 0.1) is 5.92 Å². The fraction of sp³-hybridized carbons (Fsp3) is 0.400. The summed E-state index contributed by atoms with van der Waals surface area (Å²) < 4.78 is 32.3. The second-order valence-electron chi connectivity index (χ2n) is 6.85. The van der Waals surface area contributed by atoms with E-state index in [4.69, 9.17) is 9.57 Å². The summed E-state index contributed by atoms with van der Waals surface area (Å²) in [6, 6.07) is 10.8. The molecule has 2 aromatic rings. The van der Waals surface area contributed by atoms with Crippen LogP contribution in [0.15, 0.2) is 46.7 Å². The predicted octanol–water partition coefficient (Wildman–Crippen LogP) is 2.53. The van der Waals surface area contributed by atoms with E-state index in [1.165, 1.54) is 35.0 Å². The summed E-state index contributed by atoms with van der Waals surface area (Å²) in [7, 11) is -1.30. The van der Waals surface area contributed by atoms with Gasteiger partial charge in [0.2, 0.25) is 10.0 Å². The second-order valence-corrected chi connectivity index (χ2v) is 9.67. The Balaban J connectivity index is 1.76. The molecule has 10 heteroatoms. The molecule has 3 rings (SSSR count). The highest BCUT2D eigenvalue weighted by Gasteiger charge is 2.37. The van der Waals surface area contributed by atoms with Gasteiger partial charge in [-0.25, -0.2) is 18.3 Å². The van der Waals surface area contributed by atoms with Crippen LogP contribution in [-0.4, -0.2) is 57.0 Å². The van der Waals surface area contributed by atoms with Crippen molar-refractivity contribution < 1.29 is 27.6 Å². The van der Waals surface area contributed by atoms with Gasteiger partial charge < -0.3 is 4.74 Å². The summed E-state index contributed by atoms with van der Waals surface area (Å²) in [5, 5.41) is 2.80. The maximum atomic E-state index is 13.2. The molecule has 1 aliphatic heterocycles. The Kier molecular flexibility index (Phi) is 7.24. The normalized spacial score (nSPS) is 17.5. The Bertz CT molecular complexity index is 990. The lowest BCUT2D eigenvalue weighted by molar-refractivity contribution is -0.185. The molecule has 162 valence electrons. The molecule has 1 aromatic heterocycles. The van der Waals surface area contributed by atoms with Gasteiger partial charge in [0.25, 0.3) is 5.91 Å². The van der Waals surface area contributed by atoms with Gasteiger partial charge in [-0.1, -0.05) is 30.3 Å². The van der Waals surface area contributed by atoms with E-state index >= 15 is 0 Å². The average molecular weight is 453 g/mol. The van der Waals surface area contributed by atoms with Crippen LogP contribution in [0.4, 0.5) is 0 Å². The number of thiophene rings is 1. The molecule has 1 unspecified atom stereocenters. The molecule has 1 fully saturated rings. The molecular weight excluding hydrogens is 428 g/mol. The fourth-order valence-corrected chi connectivity index (χ4v) is 6.26. The van der Waals surface area contributed by atoms with E-state index < -0.39 is 21.9 Å². The molecule has 1 atom stereocenters. The molecule has 0 aliphatic carbocycles. The van der Waals surface area contributed by atoms with E-state index in [0.717, 1.165) is 16.9 Å². The Hall–Kier alpha value is -2.27. The van der Waals surface area contributed by atoms with Crippen molar-refractivity contribution in [3.8, 4) is 0 Å². The third kappa shape index (κ3) is 4.72. The van der Waals surface area contributed by atoms with Gasteiger partial charge in [-0.3, -0.25) is 9.63 Å². The third-order valence-corrected chi connectivity index (χ3v) is 7.92. The zero-order valence-electron chi connectivity index (χ0n) is 16.8. The molecular formula is C20H24N2O6S2. The van der Waals surface area contributed by atoms with Gasteiger partial charge in [0, 0.05) is 13.1 Å². The van der Waals surface area contributed by atoms with Gasteiger partial charge in [0.05, 0.1) is 26.7 Å². The van der Waals surface area contributed by atoms with Crippen LogP contribution in [0.3, 0.4) is 0 Å². The fourth-order valence-electron chi connectivity index (χ4n) is 3.43. The summed E-state index contributed by atoms with van der Waals surface area (Å²) in [5.41, 5.74) is 0.911. The zero-order chi connectivity index (χ0) is 21.7. The molecule has 0 bridgehead atoms. The number of amides is 1. The van der Waals surface area contributed by atoms with Crippen LogP contribution < -0.4 is 0 Å². The Morgan fingerprint density at radius 2 is 1.93 bits per heavy atom. The Morgan fingerprint density at radius 3 is 2.60 bits per heavy atom. The number of benzene rings is 1. The van der Waals surface area contributed by atoms with Gasteiger partial charge in [-0.15, -0.1) is 11.3 Å². The Labute approximate surface area is 180 Å². The molecule has 30 heavy (non-hydrogen) atoms. The molecule has 0 N–H and O–H groups in total. The minimum Gasteiger partial charge on any atom is -0.465 e. The van der Waals surface area contributed by atoms with Crippen LogP contribution in [-0.2, 0) is 30.9 Å². The number of carbonyl (C=O) groups excluding carboxylic acids is 2. The minimum absolute atomic E-state index is 0.0340. The second kappa shape index (κ2) is 9.69. The number of rotatable bonds is 7. The predicted molar refractivity (Wildman–Crippen MR) is 111 cm³/mol. The van der Waals surface area contributed by atoms with E-state index in [1.54, 1.807) is 0 Å². The van der Waals surface area contributed by atoms with E-state index in [2.05, 4.69) is 0 Å². The zero-order valence-corrected chi connectivity index (χ0v) is 18.4. The third-order valence-electron chi connectivity index (χ3n) is 4.99. The summed E-state index contributed by atoms with van der Waals surface area (Å²) in [5.74, 6) is -1.49. The van der Waals surface area contributed by atoms with Crippen molar-refractivity contribution in [2.45, 2.75) is 24.3 Å². The first-order valence-electron chi connectivity index (χ1n) is 9.44. The van der Waals surface area contributed by atoms with Crippen LogP contribution in [0.1, 0.15) is 28.1 Å². The van der Waals surface area contributed by atoms with Gasteiger partial charge in [0.1, 0.15) is 9.77 Å². The molecule has 0 radical (unpaired) electrons. The van der Waals surface area contributed by atoms with Gasteiger partial charge in [0.15, 0.2) is 0 Å². The lowest BCUT2D eigenvalue weighted by atomic mass is 9.98. The average Bonchev–Trinajstić information content (AvgIpc) is 3.28. The number of hydrogen-bond acceptors (Lipinski definition) is 7. The monoisotopic (exact) mass is 452 g/mol. The van der Waals surface area contributed by atoms with E-state index in [9.17, 15) is 18.0 Å². The smallest absolute Gasteiger partial charge is 0.349 e. The van der Waals surface area contributed by atoms with Gasteiger partial charge in [-0.2, -0.15) is 4.31 Å². The van der Waals surface area contributed by atoms with Crippen LogP contribution >= 0.6 is 11.3 Å². The summed E-state index contributed by atoms with van der Waals surface area (Å²) in [4.78, 5) is 30.2. The van der Waals surface area contributed by atoms with Crippen LogP contribution in [0.25, 0.3) is 0 Å². The number of sulfonamides is 1. The number of hydrogen-bond donors (Lipinski definition) is 0. The van der Waals surface area contributed by atoms with Gasteiger partial charge >= 0.3 is 5.97 Å². The molecule has 8 nitrogen and oxygen atoms in total. The number of piperidine rings is 1. The first-order chi connectivity index (χ1) is 14.4. The van der Waals surface area contributed by atoms with E-state index in [0.29, 0.717) is 12.8 Å². The van der Waals surface area contributed by atoms with Crippen molar-refractivity contribution in [1.29, 1.82) is 0 Å². The van der Waals surface area contributed by atoms with Crippen molar-refractivity contribution in [2.75, 3.05) is 27.3 Å². The lowest BCUT2D eigenvalue weighted by Gasteiger charge is -2.33. The number of ether oxygens (including phenoxy) is 1. The molecule has 1 aliphatic rings. The molecule has 2 heterocycles. The number of hydroxylamine groups is 2. The van der Waals surface area contributed by atoms with E-state index in [-0.39, 0.29) is 35.3 Å². The highest BCUT2D eigenvalue weighted by atomic mass is 32.2. The summed E-state index contributed by atoms with van der Waals surface area (Å²) >= 11 is 1.01. The quantitative estimate of drug-likeness (QED) is 0.473. The summed E-state index contributed by atoms with van der Waals surface area (Å²) in [6.07, 6.45) is 1.10. The minimum atomic E-state index is -3.93. The molecule has 0 spiro atoms. The highest BCUT2D eigenvalue weighted by Crippen LogP contribution is 2.30. The standard InChI is InChI=1S/C20H24N2O6S2/c1-27-20(24)18-17(10-12-29-18)30(25,26)21-11-6-9-16(14-21)19(23)22(28-2)13-15-7-4-3-5-8-15/h3-5,7-8,10,12,16H,6,9,11,13-14H2,1-2H3. The van der Waals surface area contributed by atoms with Crippen molar-refractivity contribution >= 4 is 33.2 Å². The van der Waals surface area contributed by atoms with Crippen molar-refractivity contribution in [3.63, 3.8) is 0 Å². The summed E-state index contributed by atoms with van der Waals surface area (Å²) in [6.45, 7) is 0.594. The Morgan fingerprint density at radius 1 is 1.20 bits per heavy atom. The SMILES string of the molecule is COC(=O)c1sccc1S(=O)(=O)N1CCCC(C(=O)N(Cc2ccccc2)OC)C1. The number of methoxy groups -OCH3 is 1. The molecule has 0 saturated carbocycles. The number of nitrogens with zero attached hydrogens (tertiary/aromatic N) is 2. The molecule has 1 aromatic carbocycles. The largest absolute Gasteiger partial charge is 0.465 e. The molecule has 1 amide bonds. The highest BCUT2D eigenvalue weighted by molar-refractivity contribution is 7.89. The first-order valence-corrected chi connectivity index (χ1v) is 11.8. The van der Waals surface area contributed by atoms with Crippen molar-refractivity contribution in [2.24, 2.45) is 5.92 Å². The number of carbonyl (C=O) groups is 2. The van der Waals surface area contributed by atoms with Crippen molar-refractivity contribution in [3.05, 3.63) is 52.2 Å². The van der Waals surface area contributed by atoms with E-state index in [1.807, 2.05) is 30.3 Å². The maximum absolute atomic E-state index is 13.2.